The Hall–Kier alpha value is -3.80. The van der Waals surface area contributed by atoms with Crippen molar-refractivity contribution >= 4 is 58.0 Å². The van der Waals surface area contributed by atoms with Crippen molar-refractivity contribution in [2.75, 3.05) is 30.0 Å². The van der Waals surface area contributed by atoms with Crippen LogP contribution < -0.4 is 15.5 Å². The fourth-order valence-electron chi connectivity index (χ4n) is 3.75. The number of morpholine rings is 1. The zero-order chi connectivity index (χ0) is 28.2. The number of nitrogens with zero attached hydrogens (tertiary/aromatic N) is 2. The third-order valence-electron chi connectivity index (χ3n) is 5.52. The number of amides is 3. The molecule has 204 valence electrons. The Kier molecular flexibility index (Phi) is 8.63. The standard InChI is InChI=1S/C27H27ClN4O6S/c1-27(2,3)38-26(36)18-6-4-5-16(13-30-25(35)20-9-10-21(28)39-20)23(18)31-24(34)19-8-7-17(14-29-19)32-11-12-37-15-22(32)33/h4-10,14H,11-13,15H2,1-3H3,(H,30,35)(H,31,34). The molecule has 1 saturated heterocycles. The first-order chi connectivity index (χ1) is 18.5. The van der Waals surface area contributed by atoms with E-state index in [0.29, 0.717) is 33.6 Å². The van der Waals surface area contributed by atoms with Gasteiger partial charge in [0, 0.05) is 13.1 Å². The van der Waals surface area contributed by atoms with E-state index in [1.165, 1.54) is 23.2 Å². The molecule has 39 heavy (non-hydrogen) atoms. The second kappa shape index (κ2) is 11.9. The maximum Gasteiger partial charge on any atom is 0.340 e. The Morgan fingerprint density at radius 1 is 1.13 bits per heavy atom. The molecule has 3 heterocycles. The Morgan fingerprint density at radius 2 is 1.92 bits per heavy atom. The lowest BCUT2D eigenvalue weighted by molar-refractivity contribution is -0.125. The number of benzene rings is 1. The van der Waals surface area contributed by atoms with Crippen molar-refractivity contribution in [3.63, 3.8) is 0 Å². The van der Waals surface area contributed by atoms with E-state index in [1.807, 2.05) is 0 Å². The molecule has 0 atom stereocenters. The molecular formula is C27H27ClN4O6S. The van der Waals surface area contributed by atoms with E-state index < -0.39 is 17.5 Å². The molecule has 1 aliphatic rings. The molecule has 0 unspecified atom stereocenters. The Bertz CT molecular complexity index is 1400. The Labute approximate surface area is 234 Å². The minimum atomic E-state index is -0.769. The highest BCUT2D eigenvalue weighted by atomic mass is 35.5. The van der Waals surface area contributed by atoms with Gasteiger partial charge in [-0.25, -0.2) is 9.78 Å². The van der Waals surface area contributed by atoms with Crippen LogP contribution in [0.4, 0.5) is 11.4 Å². The number of carbonyl (C=O) groups is 4. The van der Waals surface area contributed by atoms with Crippen LogP contribution >= 0.6 is 22.9 Å². The van der Waals surface area contributed by atoms with Gasteiger partial charge in [0.05, 0.1) is 39.0 Å². The van der Waals surface area contributed by atoms with Gasteiger partial charge in [0.1, 0.15) is 17.9 Å². The summed E-state index contributed by atoms with van der Waals surface area (Å²) in [7, 11) is 0. The van der Waals surface area contributed by atoms with Crippen LogP contribution in [0.1, 0.15) is 56.9 Å². The summed E-state index contributed by atoms with van der Waals surface area (Å²) in [6.45, 7) is 6.03. The number of carbonyl (C=O) groups excluding carboxylic acids is 4. The maximum absolute atomic E-state index is 13.2. The molecule has 3 aromatic rings. The molecule has 0 saturated carbocycles. The summed E-state index contributed by atoms with van der Waals surface area (Å²) in [5.74, 6) is -1.75. The van der Waals surface area contributed by atoms with Gasteiger partial charge in [-0.15, -0.1) is 11.3 Å². The number of nitrogens with one attached hydrogen (secondary N) is 2. The molecule has 0 spiro atoms. The van der Waals surface area contributed by atoms with Gasteiger partial charge < -0.3 is 25.0 Å². The minimum absolute atomic E-state index is 0.0114. The molecular weight excluding hydrogens is 544 g/mol. The highest BCUT2D eigenvalue weighted by Crippen LogP contribution is 2.26. The second-order valence-corrected chi connectivity index (χ2v) is 11.3. The van der Waals surface area contributed by atoms with Crippen LogP contribution in [0.15, 0.2) is 48.7 Å². The molecule has 10 nitrogen and oxygen atoms in total. The summed E-state index contributed by atoms with van der Waals surface area (Å²) in [4.78, 5) is 57.1. The van der Waals surface area contributed by atoms with Crippen molar-refractivity contribution < 1.29 is 28.7 Å². The molecule has 0 radical (unpaired) electrons. The van der Waals surface area contributed by atoms with E-state index in [0.717, 1.165) is 11.3 Å². The quantitative estimate of drug-likeness (QED) is 0.405. The summed E-state index contributed by atoms with van der Waals surface area (Å²) in [5, 5.41) is 5.56. The predicted octanol–water partition coefficient (Wildman–Crippen LogP) is 4.30. The first kappa shape index (κ1) is 28.2. The summed E-state index contributed by atoms with van der Waals surface area (Å²) < 4.78 is 11.2. The van der Waals surface area contributed by atoms with Gasteiger partial charge >= 0.3 is 5.97 Å². The monoisotopic (exact) mass is 570 g/mol. The summed E-state index contributed by atoms with van der Waals surface area (Å²) >= 11 is 7.08. The number of esters is 1. The van der Waals surface area contributed by atoms with Crippen LogP contribution in [0.3, 0.4) is 0 Å². The van der Waals surface area contributed by atoms with Crippen LogP contribution in [0, 0.1) is 0 Å². The molecule has 2 aromatic heterocycles. The lowest BCUT2D eigenvalue weighted by Gasteiger charge is -2.26. The van der Waals surface area contributed by atoms with Gasteiger partial charge in [0.25, 0.3) is 17.7 Å². The lowest BCUT2D eigenvalue weighted by Crippen LogP contribution is -2.41. The molecule has 12 heteroatoms. The SMILES string of the molecule is CC(C)(C)OC(=O)c1cccc(CNC(=O)c2ccc(Cl)s2)c1NC(=O)c1ccc(N2CCOCC2=O)cn1. The molecule has 1 aliphatic heterocycles. The molecule has 4 rings (SSSR count). The summed E-state index contributed by atoms with van der Waals surface area (Å²) in [6.07, 6.45) is 1.44. The molecule has 0 aliphatic carbocycles. The van der Waals surface area contributed by atoms with Gasteiger partial charge in [-0.3, -0.25) is 14.4 Å². The van der Waals surface area contributed by atoms with Crippen LogP contribution in [-0.2, 0) is 20.8 Å². The molecule has 2 N–H and O–H groups in total. The largest absolute Gasteiger partial charge is 0.456 e. The number of aromatic nitrogens is 1. The van der Waals surface area contributed by atoms with Gasteiger partial charge in [0.15, 0.2) is 0 Å². The van der Waals surface area contributed by atoms with Gasteiger partial charge in [-0.05, 0) is 56.7 Å². The third kappa shape index (κ3) is 7.20. The predicted molar refractivity (Wildman–Crippen MR) is 147 cm³/mol. The van der Waals surface area contributed by atoms with Gasteiger partial charge in [0.2, 0.25) is 0 Å². The fourth-order valence-corrected chi connectivity index (χ4v) is 4.71. The molecule has 3 amide bonds. The van der Waals surface area contributed by atoms with E-state index in [9.17, 15) is 19.2 Å². The average Bonchev–Trinajstić information content (AvgIpc) is 3.33. The van der Waals surface area contributed by atoms with Crippen molar-refractivity contribution in [3.05, 3.63) is 74.7 Å². The number of hydrogen-bond acceptors (Lipinski definition) is 8. The zero-order valence-corrected chi connectivity index (χ0v) is 23.1. The summed E-state index contributed by atoms with van der Waals surface area (Å²) in [5.41, 5.74) is 0.649. The van der Waals surface area contributed by atoms with E-state index >= 15 is 0 Å². The van der Waals surface area contributed by atoms with Crippen LogP contribution in [0.25, 0.3) is 0 Å². The highest BCUT2D eigenvalue weighted by Gasteiger charge is 2.25. The zero-order valence-electron chi connectivity index (χ0n) is 21.6. The number of thiophene rings is 1. The number of hydrogen-bond donors (Lipinski definition) is 2. The topological polar surface area (TPSA) is 127 Å². The number of para-hydroxylation sites is 1. The van der Waals surface area contributed by atoms with Crippen molar-refractivity contribution in [1.29, 1.82) is 0 Å². The number of halogens is 1. The average molecular weight is 571 g/mol. The Balaban J connectivity index is 1.58. The highest BCUT2D eigenvalue weighted by molar-refractivity contribution is 7.18. The number of pyridine rings is 1. The summed E-state index contributed by atoms with van der Waals surface area (Å²) in [6, 6.07) is 11.2. The van der Waals surface area contributed by atoms with E-state index in [1.54, 1.807) is 51.1 Å². The number of rotatable bonds is 7. The van der Waals surface area contributed by atoms with E-state index in [4.69, 9.17) is 21.1 Å². The second-order valence-electron chi connectivity index (χ2n) is 9.58. The molecule has 0 bridgehead atoms. The normalized spacial score (nSPS) is 13.6. The first-order valence-electron chi connectivity index (χ1n) is 12.1. The van der Waals surface area contributed by atoms with Gasteiger partial charge in [-0.2, -0.15) is 0 Å². The van der Waals surface area contributed by atoms with Crippen LogP contribution in [-0.4, -0.2) is 54.0 Å². The molecule has 1 fully saturated rings. The van der Waals surface area contributed by atoms with E-state index in [-0.39, 0.29) is 41.9 Å². The van der Waals surface area contributed by atoms with Crippen LogP contribution in [0.2, 0.25) is 4.34 Å². The maximum atomic E-state index is 13.2. The third-order valence-corrected chi connectivity index (χ3v) is 6.75. The number of anilines is 2. The molecule has 1 aromatic carbocycles. The van der Waals surface area contributed by atoms with E-state index in [2.05, 4.69) is 15.6 Å². The smallest absolute Gasteiger partial charge is 0.340 e. The lowest BCUT2D eigenvalue weighted by atomic mass is 10.1. The van der Waals surface area contributed by atoms with Crippen molar-refractivity contribution in [3.8, 4) is 0 Å². The Morgan fingerprint density at radius 3 is 2.56 bits per heavy atom. The fraction of sp³-hybridized carbons (Fsp3) is 0.296. The van der Waals surface area contributed by atoms with Crippen LogP contribution in [0.5, 0.6) is 0 Å². The van der Waals surface area contributed by atoms with Crippen molar-refractivity contribution in [2.24, 2.45) is 0 Å². The van der Waals surface area contributed by atoms with Crippen molar-refractivity contribution in [1.82, 2.24) is 10.3 Å². The number of ether oxygens (including phenoxy) is 2. The van der Waals surface area contributed by atoms with Gasteiger partial charge in [-0.1, -0.05) is 23.7 Å². The minimum Gasteiger partial charge on any atom is -0.456 e. The van der Waals surface area contributed by atoms with Crippen molar-refractivity contribution in [2.45, 2.75) is 32.9 Å². The first-order valence-corrected chi connectivity index (χ1v) is 13.3.